The summed E-state index contributed by atoms with van der Waals surface area (Å²) in [5.41, 5.74) is 0.868. The number of benzene rings is 1. The van der Waals surface area contributed by atoms with Crippen LogP contribution >= 0.6 is 0 Å². The van der Waals surface area contributed by atoms with Gasteiger partial charge < -0.3 is 5.11 Å². The van der Waals surface area contributed by atoms with Gasteiger partial charge in [-0.25, -0.2) is 0 Å². The molecule has 0 saturated heterocycles. The smallest absolute Gasteiger partial charge is 0.0111 e. The predicted octanol–water partition coefficient (Wildman–Crippen LogP) is 2.52. The fraction of sp³-hybridized carbons (Fsp3) is 0.333. The maximum absolute atomic E-state index is 8.90. The normalized spacial score (nSPS) is 7.18. The number of hydrogen-bond donors (Lipinski definition) is 1. The van der Waals surface area contributed by atoms with Crippen LogP contribution in [-0.2, 0) is 32.7 Å². The maximum Gasteiger partial charge on any atom is 0.0111 e. The maximum atomic E-state index is 8.90. The fourth-order valence-electron chi connectivity index (χ4n) is 0.506. The van der Waals surface area contributed by atoms with Gasteiger partial charge in [-0.3, -0.25) is 0 Å². The SMILES string of the molecule is CC.Cc1c[c-]ccc1O.[Y]. The van der Waals surface area contributed by atoms with Crippen LogP contribution in [-0.4, -0.2) is 5.11 Å². The molecule has 1 aromatic rings. The Bertz CT molecular complexity index is 166. The van der Waals surface area contributed by atoms with Gasteiger partial charge in [0.25, 0.3) is 0 Å². The minimum atomic E-state index is 0. The second kappa shape index (κ2) is 8.22. The third-order valence-corrected chi connectivity index (χ3v) is 1.04. The summed E-state index contributed by atoms with van der Waals surface area (Å²) >= 11 is 0. The van der Waals surface area contributed by atoms with Gasteiger partial charge in [-0.15, -0.1) is 11.6 Å². The molecule has 0 aliphatic heterocycles. The molecular formula is C9H13OY-. The zero-order chi connectivity index (χ0) is 7.98. The van der Waals surface area contributed by atoms with E-state index in [1.54, 1.807) is 18.2 Å². The van der Waals surface area contributed by atoms with Crippen LogP contribution in [0.1, 0.15) is 19.4 Å². The molecular weight excluding hydrogens is 213 g/mol. The molecule has 1 N–H and O–H groups in total. The molecule has 0 unspecified atom stereocenters. The Morgan fingerprint density at radius 1 is 1.36 bits per heavy atom. The van der Waals surface area contributed by atoms with Gasteiger partial charge in [0, 0.05) is 38.5 Å². The van der Waals surface area contributed by atoms with Crippen LogP contribution < -0.4 is 0 Å². The van der Waals surface area contributed by atoms with E-state index in [1.807, 2.05) is 20.8 Å². The van der Waals surface area contributed by atoms with Crippen LogP contribution in [0, 0.1) is 13.0 Å². The molecule has 0 fully saturated rings. The predicted molar refractivity (Wildman–Crippen MR) is 43.0 cm³/mol. The molecule has 0 aromatic heterocycles. The van der Waals surface area contributed by atoms with Crippen molar-refractivity contribution in [1.29, 1.82) is 0 Å². The van der Waals surface area contributed by atoms with Gasteiger partial charge in [-0.2, -0.15) is 18.2 Å². The molecule has 1 nitrogen and oxygen atoms in total. The van der Waals surface area contributed by atoms with Crippen molar-refractivity contribution >= 4 is 0 Å². The van der Waals surface area contributed by atoms with E-state index in [1.165, 1.54) is 0 Å². The van der Waals surface area contributed by atoms with Crippen molar-refractivity contribution in [3.05, 3.63) is 29.8 Å². The number of phenols is 1. The molecule has 0 aliphatic carbocycles. The minimum Gasteiger partial charge on any atom is -0.533 e. The van der Waals surface area contributed by atoms with Gasteiger partial charge in [-0.05, 0) is 0 Å². The Labute approximate surface area is 93.7 Å². The summed E-state index contributed by atoms with van der Waals surface area (Å²) in [4.78, 5) is 0. The largest absolute Gasteiger partial charge is 0.533 e. The summed E-state index contributed by atoms with van der Waals surface area (Å²) in [6.45, 7) is 5.84. The second-order valence-corrected chi connectivity index (χ2v) is 1.71. The van der Waals surface area contributed by atoms with E-state index in [-0.39, 0.29) is 32.7 Å². The molecule has 0 aliphatic rings. The second-order valence-electron chi connectivity index (χ2n) is 1.71. The summed E-state index contributed by atoms with van der Waals surface area (Å²) in [6.07, 6.45) is 0. The zero-order valence-corrected chi connectivity index (χ0v) is 10.1. The Balaban J connectivity index is 0. The van der Waals surface area contributed by atoms with Crippen molar-refractivity contribution in [3.63, 3.8) is 0 Å². The van der Waals surface area contributed by atoms with Gasteiger partial charge in [-0.1, -0.05) is 20.8 Å². The van der Waals surface area contributed by atoms with Gasteiger partial charge in [0.1, 0.15) is 0 Å². The Hall–Kier alpha value is 0.124. The minimum absolute atomic E-state index is 0. The molecule has 0 amide bonds. The van der Waals surface area contributed by atoms with Crippen LogP contribution in [0.2, 0.25) is 0 Å². The van der Waals surface area contributed by atoms with Gasteiger partial charge in [0.05, 0.1) is 0 Å². The molecule has 1 radical (unpaired) electrons. The molecule has 59 valence electrons. The number of rotatable bonds is 0. The molecule has 0 spiro atoms. The van der Waals surface area contributed by atoms with Crippen molar-refractivity contribution < 1.29 is 37.8 Å². The molecule has 1 rings (SSSR count). The van der Waals surface area contributed by atoms with Crippen molar-refractivity contribution in [2.75, 3.05) is 0 Å². The first-order valence-corrected chi connectivity index (χ1v) is 3.46. The Morgan fingerprint density at radius 3 is 2.18 bits per heavy atom. The van der Waals surface area contributed by atoms with Gasteiger partial charge in [0.15, 0.2) is 0 Å². The van der Waals surface area contributed by atoms with E-state index < -0.39 is 0 Å². The van der Waals surface area contributed by atoms with E-state index in [0.717, 1.165) is 5.56 Å². The standard InChI is InChI=1S/C7H7O.C2H6.Y/c1-6-4-2-3-5-7(6)8;1-2;/h3-5,8H,1H3;1-2H3;/q-1;;. The summed E-state index contributed by atoms with van der Waals surface area (Å²) in [5, 5.41) is 8.90. The summed E-state index contributed by atoms with van der Waals surface area (Å²) in [6, 6.07) is 7.89. The first-order valence-electron chi connectivity index (χ1n) is 3.46. The van der Waals surface area contributed by atoms with E-state index in [2.05, 4.69) is 6.07 Å². The molecule has 0 heterocycles. The van der Waals surface area contributed by atoms with E-state index in [0.29, 0.717) is 5.75 Å². The first-order chi connectivity index (χ1) is 4.80. The molecule has 0 bridgehead atoms. The molecule has 1 aromatic carbocycles. The molecule has 0 atom stereocenters. The first kappa shape index (κ1) is 13.7. The number of aromatic hydroxyl groups is 1. The monoisotopic (exact) mass is 226 g/mol. The van der Waals surface area contributed by atoms with E-state index in [4.69, 9.17) is 5.11 Å². The van der Waals surface area contributed by atoms with Crippen LogP contribution in [0.5, 0.6) is 5.75 Å². The summed E-state index contributed by atoms with van der Waals surface area (Å²) in [5.74, 6) is 0.337. The average molecular weight is 226 g/mol. The number of phenolic OH excluding ortho intramolecular Hbond substituents is 1. The molecule has 11 heavy (non-hydrogen) atoms. The van der Waals surface area contributed by atoms with Crippen LogP contribution in [0.15, 0.2) is 18.2 Å². The van der Waals surface area contributed by atoms with E-state index >= 15 is 0 Å². The van der Waals surface area contributed by atoms with Crippen molar-refractivity contribution in [3.8, 4) is 5.75 Å². The number of aryl methyl sites for hydroxylation is 1. The third-order valence-electron chi connectivity index (χ3n) is 1.04. The zero-order valence-electron chi connectivity index (χ0n) is 7.26. The van der Waals surface area contributed by atoms with Crippen molar-refractivity contribution in [2.45, 2.75) is 20.8 Å². The van der Waals surface area contributed by atoms with Crippen LogP contribution in [0.3, 0.4) is 0 Å². The fourth-order valence-corrected chi connectivity index (χ4v) is 0.506. The van der Waals surface area contributed by atoms with Crippen LogP contribution in [0.4, 0.5) is 0 Å². The molecule has 0 saturated carbocycles. The van der Waals surface area contributed by atoms with Gasteiger partial charge in [0.2, 0.25) is 0 Å². The van der Waals surface area contributed by atoms with Crippen LogP contribution in [0.25, 0.3) is 0 Å². The van der Waals surface area contributed by atoms with E-state index in [9.17, 15) is 0 Å². The third kappa shape index (κ3) is 5.40. The number of hydrogen-bond acceptors (Lipinski definition) is 1. The molecule has 2 heteroatoms. The quantitative estimate of drug-likeness (QED) is 0.674. The van der Waals surface area contributed by atoms with Crippen molar-refractivity contribution in [1.82, 2.24) is 0 Å². The van der Waals surface area contributed by atoms with Gasteiger partial charge >= 0.3 is 0 Å². The Kier molecular flexibility index (Phi) is 10.2. The Morgan fingerprint density at radius 2 is 1.91 bits per heavy atom. The summed E-state index contributed by atoms with van der Waals surface area (Å²) in [7, 11) is 0. The average Bonchev–Trinajstić information content (AvgIpc) is 2.00. The summed E-state index contributed by atoms with van der Waals surface area (Å²) < 4.78 is 0. The topological polar surface area (TPSA) is 20.2 Å². The van der Waals surface area contributed by atoms with Crippen molar-refractivity contribution in [2.24, 2.45) is 0 Å².